The number of carbonyl (C=O) groups is 2. The molecule has 0 radical (unpaired) electrons. The van der Waals surface area contributed by atoms with Gasteiger partial charge in [0.1, 0.15) is 0 Å². The van der Waals surface area contributed by atoms with E-state index in [2.05, 4.69) is 17.0 Å². The third-order valence-corrected chi connectivity index (χ3v) is 5.57. The summed E-state index contributed by atoms with van der Waals surface area (Å²) < 4.78 is 0. The van der Waals surface area contributed by atoms with Crippen LogP contribution in [0, 0.1) is 18.8 Å². The average molecular weight is 383 g/mol. The minimum Gasteiger partial charge on any atom is -0.352 e. The summed E-state index contributed by atoms with van der Waals surface area (Å²) >= 11 is 0. The minimum atomic E-state index is -0.0880. The molecular formula is C22H30N4O2. The molecule has 2 aliphatic carbocycles. The Morgan fingerprint density at radius 1 is 1.29 bits per heavy atom. The molecule has 0 saturated heterocycles. The van der Waals surface area contributed by atoms with Crippen molar-refractivity contribution in [3.63, 3.8) is 0 Å². The van der Waals surface area contributed by atoms with Crippen LogP contribution in [0.25, 0.3) is 0 Å². The van der Waals surface area contributed by atoms with E-state index in [4.69, 9.17) is 5.73 Å². The lowest BCUT2D eigenvalue weighted by molar-refractivity contribution is -0.118. The zero-order valence-electron chi connectivity index (χ0n) is 16.6. The van der Waals surface area contributed by atoms with Crippen molar-refractivity contribution >= 4 is 23.6 Å². The summed E-state index contributed by atoms with van der Waals surface area (Å²) in [5, 5.41) is 8.95. The van der Waals surface area contributed by atoms with E-state index in [0.29, 0.717) is 17.1 Å². The SMILES string of the molecule is C=C(/C=N\N(CN)c1cc(C(=O)NCC2CC2)ccc1C)C(=O)C1CCCC1. The average Bonchev–Trinajstić information content (AvgIpc) is 3.37. The van der Waals surface area contributed by atoms with Gasteiger partial charge in [-0.2, -0.15) is 5.10 Å². The van der Waals surface area contributed by atoms with Crippen LogP contribution in [0.5, 0.6) is 0 Å². The van der Waals surface area contributed by atoms with E-state index in [1.165, 1.54) is 19.1 Å². The van der Waals surface area contributed by atoms with Crippen LogP contribution in [-0.2, 0) is 4.79 Å². The van der Waals surface area contributed by atoms with Crippen LogP contribution in [0.4, 0.5) is 5.69 Å². The predicted molar refractivity (Wildman–Crippen MR) is 112 cm³/mol. The minimum absolute atomic E-state index is 0.0724. The molecule has 2 aliphatic rings. The lowest BCUT2D eigenvalue weighted by atomic mass is 9.98. The fourth-order valence-electron chi connectivity index (χ4n) is 3.55. The van der Waals surface area contributed by atoms with Crippen molar-refractivity contribution in [2.24, 2.45) is 22.7 Å². The lowest BCUT2D eigenvalue weighted by Gasteiger charge is -2.20. The van der Waals surface area contributed by atoms with Gasteiger partial charge in [-0.1, -0.05) is 25.5 Å². The molecule has 0 bridgehead atoms. The van der Waals surface area contributed by atoms with Gasteiger partial charge in [0.05, 0.1) is 18.6 Å². The van der Waals surface area contributed by atoms with E-state index in [-0.39, 0.29) is 24.3 Å². The number of nitrogens with two attached hydrogens (primary N) is 1. The maximum Gasteiger partial charge on any atom is 0.251 e. The number of aryl methyl sites for hydroxylation is 1. The molecule has 0 heterocycles. The molecule has 0 unspecified atom stereocenters. The first-order chi connectivity index (χ1) is 13.5. The van der Waals surface area contributed by atoms with Crippen molar-refractivity contribution in [3.05, 3.63) is 41.5 Å². The van der Waals surface area contributed by atoms with Gasteiger partial charge in [0, 0.05) is 23.6 Å². The summed E-state index contributed by atoms with van der Waals surface area (Å²) in [5.41, 5.74) is 8.57. The maximum absolute atomic E-state index is 12.4. The number of anilines is 1. The monoisotopic (exact) mass is 382 g/mol. The summed E-state index contributed by atoms with van der Waals surface area (Å²) in [6.45, 7) is 6.69. The molecule has 2 saturated carbocycles. The van der Waals surface area contributed by atoms with Crippen molar-refractivity contribution in [2.45, 2.75) is 45.4 Å². The Labute approximate surface area is 166 Å². The number of ketones is 1. The van der Waals surface area contributed by atoms with Crippen LogP contribution in [-0.4, -0.2) is 31.1 Å². The number of nitrogens with zero attached hydrogens (tertiary/aromatic N) is 2. The molecule has 0 atom stereocenters. The van der Waals surface area contributed by atoms with E-state index in [1.54, 1.807) is 11.1 Å². The first-order valence-corrected chi connectivity index (χ1v) is 10.1. The molecule has 150 valence electrons. The number of hydrogen-bond acceptors (Lipinski definition) is 5. The molecule has 0 aliphatic heterocycles. The third kappa shape index (κ3) is 5.07. The molecule has 6 heteroatoms. The molecule has 2 fully saturated rings. The van der Waals surface area contributed by atoms with Crippen molar-refractivity contribution in [3.8, 4) is 0 Å². The fourth-order valence-corrected chi connectivity index (χ4v) is 3.55. The molecule has 1 amide bonds. The number of hydrogen-bond donors (Lipinski definition) is 2. The molecule has 3 N–H and O–H groups in total. The van der Waals surface area contributed by atoms with Crippen molar-refractivity contribution in [2.75, 3.05) is 18.2 Å². The Kier molecular flexibility index (Phi) is 6.62. The van der Waals surface area contributed by atoms with Gasteiger partial charge in [0.15, 0.2) is 5.78 Å². The Bertz CT molecular complexity index is 777. The number of hydrazone groups is 1. The van der Waals surface area contributed by atoms with Crippen molar-refractivity contribution in [1.29, 1.82) is 0 Å². The number of benzene rings is 1. The van der Waals surface area contributed by atoms with Crippen LogP contribution < -0.4 is 16.1 Å². The molecule has 0 spiro atoms. The highest BCUT2D eigenvalue weighted by Crippen LogP contribution is 2.28. The standard InChI is InChI=1S/C22H30N4O2/c1-15-7-10-19(22(28)24-13-17-8-9-17)11-20(15)26(14-23)25-12-16(2)21(27)18-5-3-4-6-18/h7,10-12,17-18H,2-6,8-9,13-14,23H2,1H3,(H,24,28)/b25-12-. The van der Waals surface area contributed by atoms with Crippen molar-refractivity contribution < 1.29 is 9.59 Å². The molecule has 1 aromatic rings. The first kappa shape index (κ1) is 20.3. The normalized spacial score (nSPS) is 17.1. The molecular weight excluding hydrogens is 352 g/mol. The zero-order chi connectivity index (χ0) is 20.1. The predicted octanol–water partition coefficient (Wildman–Crippen LogP) is 3.16. The lowest BCUT2D eigenvalue weighted by Crippen LogP contribution is -2.28. The largest absolute Gasteiger partial charge is 0.352 e. The second-order valence-corrected chi connectivity index (χ2v) is 7.85. The van der Waals surface area contributed by atoms with Crippen molar-refractivity contribution in [1.82, 2.24) is 5.32 Å². The molecule has 1 aromatic carbocycles. The summed E-state index contributed by atoms with van der Waals surface area (Å²) in [6.07, 6.45) is 7.95. The molecule has 28 heavy (non-hydrogen) atoms. The smallest absolute Gasteiger partial charge is 0.251 e. The van der Waals surface area contributed by atoms with Crippen LogP contribution in [0.1, 0.15) is 54.4 Å². The molecule has 6 nitrogen and oxygen atoms in total. The van der Waals surface area contributed by atoms with Crippen LogP contribution in [0.3, 0.4) is 0 Å². The van der Waals surface area contributed by atoms with Crippen LogP contribution in [0.2, 0.25) is 0 Å². The summed E-state index contributed by atoms with van der Waals surface area (Å²) in [7, 11) is 0. The highest BCUT2D eigenvalue weighted by Gasteiger charge is 2.24. The van der Waals surface area contributed by atoms with Crippen LogP contribution in [0.15, 0.2) is 35.5 Å². The quantitative estimate of drug-likeness (QED) is 0.297. The first-order valence-electron chi connectivity index (χ1n) is 10.1. The Balaban J connectivity index is 1.69. The summed E-state index contributed by atoms with van der Waals surface area (Å²) in [6, 6.07) is 5.49. The highest BCUT2D eigenvalue weighted by atomic mass is 16.1. The second-order valence-electron chi connectivity index (χ2n) is 7.85. The van der Waals surface area contributed by atoms with E-state index in [1.807, 2.05) is 19.1 Å². The number of rotatable bonds is 9. The van der Waals surface area contributed by atoms with Gasteiger partial charge in [0.2, 0.25) is 0 Å². The number of amides is 1. The Morgan fingerprint density at radius 2 is 2.00 bits per heavy atom. The molecule has 3 rings (SSSR count). The van der Waals surface area contributed by atoms with Gasteiger partial charge in [-0.05, 0) is 56.2 Å². The number of allylic oxidation sites excluding steroid dienone is 1. The van der Waals surface area contributed by atoms with E-state index in [9.17, 15) is 9.59 Å². The van der Waals surface area contributed by atoms with Crippen LogP contribution >= 0.6 is 0 Å². The van der Waals surface area contributed by atoms with Gasteiger partial charge in [-0.25, -0.2) is 0 Å². The third-order valence-electron chi connectivity index (χ3n) is 5.57. The molecule has 0 aromatic heterocycles. The van der Waals surface area contributed by atoms with Gasteiger partial charge in [-0.3, -0.25) is 14.6 Å². The Hall–Kier alpha value is -2.47. The summed E-state index contributed by atoms with van der Waals surface area (Å²) in [5.74, 6) is 0.686. The highest BCUT2D eigenvalue weighted by molar-refractivity contribution is 6.13. The zero-order valence-corrected chi connectivity index (χ0v) is 16.6. The van der Waals surface area contributed by atoms with Gasteiger partial charge < -0.3 is 11.1 Å². The Morgan fingerprint density at radius 3 is 2.64 bits per heavy atom. The van der Waals surface area contributed by atoms with E-state index >= 15 is 0 Å². The van der Waals surface area contributed by atoms with Gasteiger partial charge in [0.25, 0.3) is 5.91 Å². The van der Waals surface area contributed by atoms with Gasteiger partial charge in [-0.15, -0.1) is 0 Å². The van der Waals surface area contributed by atoms with E-state index in [0.717, 1.165) is 43.5 Å². The van der Waals surface area contributed by atoms with E-state index < -0.39 is 0 Å². The summed E-state index contributed by atoms with van der Waals surface area (Å²) in [4.78, 5) is 24.8. The fraction of sp³-hybridized carbons (Fsp3) is 0.500. The topological polar surface area (TPSA) is 87.8 Å². The maximum atomic E-state index is 12.4. The number of carbonyl (C=O) groups excluding carboxylic acids is 2. The number of nitrogens with one attached hydrogen (secondary N) is 1. The van der Waals surface area contributed by atoms with Gasteiger partial charge >= 0.3 is 0 Å². The number of Topliss-reactive ketones (excluding diaryl/α,β-unsaturated/α-hetero) is 1. The second kappa shape index (κ2) is 9.15.